The third kappa shape index (κ3) is 4.91. The van der Waals surface area contributed by atoms with E-state index in [1.165, 1.54) is 11.0 Å². The van der Waals surface area contributed by atoms with Gasteiger partial charge in [0.1, 0.15) is 5.75 Å². The van der Waals surface area contributed by atoms with Crippen LogP contribution in [0.2, 0.25) is 5.02 Å². The molecule has 2 amide bonds. The minimum atomic E-state index is -4.64. The van der Waals surface area contributed by atoms with Crippen molar-refractivity contribution in [3.8, 4) is 5.75 Å². The lowest BCUT2D eigenvalue weighted by atomic mass is 9.88. The molecule has 5 nitrogen and oxygen atoms in total. The fraction of sp³-hybridized carbons (Fsp3) is 0.259. The van der Waals surface area contributed by atoms with Crippen molar-refractivity contribution in [1.29, 1.82) is 0 Å². The normalized spacial score (nSPS) is 15.3. The molecule has 188 valence electrons. The highest BCUT2D eigenvalue weighted by Gasteiger charge is 2.37. The van der Waals surface area contributed by atoms with Gasteiger partial charge in [-0.05, 0) is 67.4 Å². The summed E-state index contributed by atoms with van der Waals surface area (Å²) >= 11 is 5.77. The molecular weight excluding hydrogens is 493 g/mol. The van der Waals surface area contributed by atoms with E-state index in [2.05, 4.69) is 0 Å². The number of nitrogens with zero attached hydrogens (tertiary/aromatic N) is 2. The van der Waals surface area contributed by atoms with E-state index >= 15 is 0 Å². The number of rotatable bonds is 5. The molecule has 0 unspecified atom stereocenters. The molecule has 0 saturated carbocycles. The molecule has 0 saturated heterocycles. The monoisotopic (exact) mass is 516 g/mol. The topological polar surface area (TPSA) is 49.9 Å². The first-order valence-electron chi connectivity index (χ1n) is 11.4. The maximum absolute atomic E-state index is 13.6. The number of hydrogen-bond donors (Lipinski definition) is 0. The van der Waals surface area contributed by atoms with Gasteiger partial charge in [-0.2, -0.15) is 13.2 Å². The standard InChI is InChI=1S/C27H24ClF3N2O3/c1-3-32(18-10-13-23(28)22(16-18)27(29,30)31)26(35)21-14-15-33(24-7-5-4-6-20(21)24)25(34)17-8-11-19(36-2)12-9-17/h4-13,16,21H,3,14-15H2,1-2H3/t21-/m0/s1. The maximum Gasteiger partial charge on any atom is 0.417 e. The van der Waals surface area contributed by atoms with Crippen LogP contribution in [0.15, 0.2) is 66.7 Å². The highest BCUT2D eigenvalue weighted by Crippen LogP contribution is 2.40. The Bertz CT molecular complexity index is 1280. The van der Waals surface area contributed by atoms with Crippen molar-refractivity contribution in [3.05, 3.63) is 88.4 Å². The largest absolute Gasteiger partial charge is 0.497 e. The summed E-state index contributed by atoms with van der Waals surface area (Å²) in [5.74, 6) is -0.536. The summed E-state index contributed by atoms with van der Waals surface area (Å²) in [5.41, 5.74) is 0.859. The molecule has 1 aliphatic heterocycles. The van der Waals surface area contributed by atoms with Crippen molar-refractivity contribution in [2.75, 3.05) is 30.0 Å². The molecule has 0 aliphatic carbocycles. The summed E-state index contributed by atoms with van der Waals surface area (Å²) in [6, 6.07) is 17.3. The fourth-order valence-corrected chi connectivity index (χ4v) is 4.70. The second-order valence-corrected chi connectivity index (χ2v) is 8.74. The number of amides is 2. The van der Waals surface area contributed by atoms with Gasteiger partial charge in [-0.3, -0.25) is 9.59 Å². The van der Waals surface area contributed by atoms with Gasteiger partial charge in [0.2, 0.25) is 5.91 Å². The Balaban J connectivity index is 1.65. The number of alkyl halides is 3. The number of carbonyl (C=O) groups excluding carboxylic acids is 2. The molecular formula is C27H24ClF3N2O3. The minimum absolute atomic E-state index is 0.119. The van der Waals surface area contributed by atoms with Crippen molar-refractivity contribution >= 4 is 34.8 Å². The molecule has 0 radical (unpaired) electrons. The first-order chi connectivity index (χ1) is 17.2. The van der Waals surface area contributed by atoms with E-state index in [4.69, 9.17) is 16.3 Å². The van der Waals surface area contributed by atoms with Crippen LogP contribution in [0.3, 0.4) is 0 Å². The molecule has 3 aromatic carbocycles. The number of carbonyl (C=O) groups is 2. The van der Waals surface area contributed by atoms with E-state index in [-0.39, 0.29) is 30.6 Å². The zero-order valence-electron chi connectivity index (χ0n) is 19.7. The molecule has 3 aromatic rings. The Morgan fingerprint density at radius 2 is 1.78 bits per heavy atom. The number of hydrogen-bond acceptors (Lipinski definition) is 3. The Labute approximate surface area is 212 Å². The van der Waals surface area contributed by atoms with Gasteiger partial charge in [0.05, 0.1) is 23.6 Å². The van der Waals surface area contributed by atoms with Gasteiger partial charge in [-0.15, -0.1) is 0 Å². The van der Waals surface area contributed by atoms with Crippen LogP contribution < -0.4 is 14.5 Å². The van der Waals surface area contributed by atoms with Crippen molar-refractivity contribution in [3.63, 3.8) is 0 Å². The van der Waals surface area contributed by atoms with Gasteiger partial charge in [0, 0.05) is 30.0 Å². The number of ether oxygens (including phenoxy) is 1. The van der Waals surface area contributed by atoms with Crippen LogP contribution in [0.4, 0.5) is 24.5 Å². The predicted molar refractivity (Wildman–Crippen MR) is 133 cm³/mol. The second kappa shape index (κ2) is 10.2. The molecule has 0 spiro atoms. The fourth-order valence-electron chi connectivity index (χ4n) is 4.47. The van der Waals surface area contributed by atoms with Crippen molar-refractivity contribution in [2.24, 2.45) is 0 Å². The molecule has 1 heterocycles. The number of likely N-dealkylation sites (N-methyl/N-ethyl adjacent to an activating group) is 1. The molecule has 0 aromatic heterocycles. The third-order valence-corrected chi connectivity index (χ3v) is 6.60. The van der Waals surface area contributed by atoms with E-state index in [0.717, 1.165) is 12.1 Å². The lowest BCUT2D eigenvalue weighted by Gasteiger charge is -2.36. The predicted octanol–water partition coefficient (Wildman–Crippen LogP) is 6.55. The molecule has 36 heavy (non-hydrogen) atoms. The highest BCUT2D eigenvalue weighted by atomic mass is 35.5. The van der Waals surface area contributed by atoms with Crippen LogP contribution in [-0.2, 0) is 11.0 Å². The quantitative estimate of drug-likeness (QED) is 0.386. The number of fused-ring (bicyclic) bond motifs is 1. The maximum atomic E-state index is 13.6. The minimum Gasteiger partial charge on any atom is -0.497 e. The number of halogens is 4. The molecule has 9 heteroatoms. The van der Waals surface area contributed by atoms with E-state index < -0.39 is 22.7 Å². The summed E-state index contributed by atoms with van der Waals surface area (Å²) < 4.78 is 45.4. The Morgan fingerprint density at radius 1 is 1.08 bits per heavy atom. The Morgan fingerprint density at radius 3 is 2.42 bits per heavy atom. The lowest BCUT2D eigenvalue weighted by Crippen LogP contribution is -2.42. The van der Waals surface area contributed by atoms with Gasteiger partial charge in [-0.1, -0.05) is 29.8 Å². The average molecular weight is 517 g/mol. The van der Waals surface area contributed by atoms with Gasteiger partial charge in [-0.25, -0.2) is 0 Å². The molecule has 0 fully saturated rings. The Hall–Kier alpha value is -3.52. The van der Waals surface area contributed by atoms with Crippen LogP contribution in [0.25, 0.3) is 0 Å². The summed E-state index contributed by atoms with van der Waals surface area (Å²) in [6.45, 7) is 2.16. The van der Waals surface area contributed by atoms with E-state index in [9.17, 15) is 22.8 Å². The van der Waals surface area contributed by atoms with Gasteiger partial charge < -0.3 is 14.5 Å². The number of benzene rings is 3. The first-order valence-corrected chi connectivity index (χ1v) is 11.8. The van der Waals surface area contributed by atoms with Crippen molar-refractivity contribution in [2.45, 2.75) is 25.4 Å². The first kappa shape index (κ1) is 25.6. The number of methoxy groups -OCH3 is 1. The van der Waals surface area contributed by atoms with Gasteiger partial charge in [0.25, 0.3) is 5.91 Å². The van der Waals surface area contributed by atoms with Gasteiger partial charge in [0.15, 0.2) is 0 Å². The lowest BCUT2D eigenvalue weighted by molar-refractivity contribution is -0.137. The SMILES string of the molecule is CCN(C(=O)[C@H]1CCN(C(=O)c2ccc(OC)cc2)c2ccccc21)c1ccc(Cl)c(C(F)(F)F)c1. The number of anilines is 2. The van der Waals surface area contributed by atoms with Crippen molar-refractivity contribution < 1.29 is 27.5 Å². The zero-order valence-corrected chi connectivity index (χ0v) is 20.4. The molecule has 1 aliphatic rings. The van der Waals surface area contributed by atoms with E-state index in [1.54, 1.807) is 67.5 Å². The molecule has 0 N–H and O–H groups in total. The van der Waals surface area contributed by atoms with Crippen LogP contribution in [0, 0.1) is 0 Å². The van der Waals surface area contributed by atoms with Gasteiger partial charge >= 0.3 is 6.18 Å². The summed E-state index contributed by atoms with van der Waals surface area (Å²) in [7, 11) is 1.54. The summed E-state index contributed by atoms with van der Waals surface area (Å²) in [6.07, 6.45) is -4.32. The molecule has 0 bridgehead atoms. The summed E-state index contributed by atoms with van der Waals surface area (Å²) in [4.78, 5) is 29.9. The van der Waals surface area contributed by atoms with E-state index in [1.807, 2.05) is 0 Å². The second-order valence-electron chi connectivity index (χ2n) is 8.33. The van der Waals surface area contributed by atoms with Crippen LogP contribution in [-0.4, -0.2) is 32.0 Å². The van der Waals surface area contributed by atoms with E-state index in [0.29, 0.717) is 29.0 Å². The zero-order chi connectivity index (χ0) is 26.0. The number of para-hydroxylation sites is 1. The van der Waals surface area contributed by atoms with Crippen LogP contribution in [0.5, 0.6) is 5.75 Å². The third-order valence-electron chi connectivity index (χ3n) is 6.27. The van der Waals surface area contributed by atoms with Crippen molar-refractivity contribution in [1.82, 2.24) is 0 Å². The Kier molecular flexibility index (Phi) is 7.26. The molecule has 1 atom stereocenters. The summed E-state index contributed by atoms with van der Waals surface area (Å²) in [5, 5.41) is -0.426. The molecule has 4 rings (SSSR count). The van der Waals surface area contributed by atoms with Crippen LogP contribution >= 0.6 is 11.6 Å². The highest BCUT2D eigenvalue weighted by molar-refractivity contribution is 6.31. The average Bonchev–Trinajstić information content (AvgIpc) is 2.88. The smallest absolute Gasteiger partial charge is 0.417 e. The van der Waals surface area contributed by atoms with Crippen LogP contribution in [0.1, 0.15) is 40.7 Å².